The SMILES string of the molecule is Cc1cc(C(=O)Nc2ccccc2C(F)(F)F)c(C)n1C. The number of aryl methyl sites for hydroxylation is 1. The van der Waals surface area contributed by atoms with Crippen molar-refractivity contribution in [2.75, 3.05) is 5.32 Å². The summed E-state index contributed by atoms with van der Waals surface area (Å²) in [6.45, 7) is 3.57. The molecule has 1 heterocycles. The van der Waals surface area contributed by atoms with Crippen molar-refractivity contribution in [2.45, 2.75) is 20.0 Å². The first-order chi connectivity index (χ1) is 9.71. The van der Waals surface area contributed by atoms with Gasteiger partial charge in [0.05, 0.1) is 16.8 Å². The number of nitrogens with one attached hydrogen (secondary N) is 1. The van der Waals surface area contributed by atoms with Crippen LogP contribution in [0.4, 0.5) is 18.9 Å². The van der Waals surface area contributed by atoms with Gasteiger partial charge < -0.3 is 9.88 Å². The van der Waals surface area contributed by atoms with Crippen LogP contribution in [0.3, 0.4) is 0 Å². The zero-order valence-corrected chi connectivity index (χ0v) is 11.9. The van der Waals surface area contributed by atoms with Gasteiger partial charge in [-0.1, -0.05) is 12.1 Å². The van der Waals surface area contributed by atoms with Crippen molar-refractivity contribution < 1.29 is 18.0 Å². The molecule has 1 aromatic carbocycles. The number of halogens is 3. The molecule has 0 aliphatic carbocycles. The smallest absolute Gasteiger partial charge is 0.351 e. The van der Waals surface area contributed by atoms with Crippen molar-refractivity contribution >= 4 is 11.6 Å². The van der Waals surface area contributed by atoms with E-state index in [0.29, 0.717) is 11.3 Å². The Hall–Kier alpha value is -2.24. The van der Waals surface area contributed by atoms with Gasteiger partial charge in [-0.3, -0.25) is 4.79 Å². The minimum absolute atomic E-state index is 0.240. The van der Waals surface area contributed by atoms with Gasteiger partial charge in [0, 0.05) is 18.4 Å². The van der Waals surface area contributed by atoms with Crippen LogP contribution in [0.25, 0.3) is 0 Å². The Kier molecular flexibility index (Phi) is 3.80. The first kappa shape index (κ1) is 15.2. The van der Waals surface area contributed by atoms with Crippen LogP contribution >= 0.6 is 0 Å². The molecule has 0 unspecified atom stereocenters. The lowest BCUT2D eigenvalue weighted by atomic mass is 10.1. The van der Waals surface area contributed by atoms with E-state index in [4.69, 9.17) is 0 Å². The summed E-state index contributed by atoms with van der Waals surface area (Å²) in [5, 5.41) is 2.34. The van der Waals surface area contributed by atoms with Gasteiger partial charge >= 0.3 is 6.18 Å². The molecule has 1 aromatic heterocycles. The largest absolute Gasteiger partial charge is 0.418 e. The van der Waals surface area contributed by atoms with E-state index >= 15 is 0 Å². The summed E-state index contributed by atoms with van der Waals surface area (Å²) in [4.78, 5) is 12.2. The molecule has 0 fully saturated rings. The highest BCUT2D eigenvalue weighted by molar-refractivity contribution is 6.05. The van der Waals surface area contributed by atoms with Crippen LogP contribution in [-0.4, -0.2) is 10.5 Å². The Balaban J connectivity index is 2.35. The fourth-order valence-electron chi connectivity index (χ4n) is 2.11. The maximum atomic E-state index is 12.9. The number of rotatable bonds is 2. The van der Waals surface area contributed by atoms with Crippen molar-refractivity contribution in [3.63, 3.8) is 0 Å². The van der Waals surface area contributed by atoms with Gasteiger partial charge in [0.15, 0.2) is 0 Å². The van der Waals surface area contributed by atoms with E-state index in [1.807, 2.05) is 11.5 Å². The normalized spacial score (nSPS) is 11.5. The highest BCUT2D eigenvalue weighted by atomic mass is 19.4. The zero-order chi connectivity index (χ0) is 15.8. The van der Waals surface area contributed by atoms with Gasteiger partial charge in [0.2, 0.25) is 0 Å². The third-order valence-corrected chi connectivity index (χ3v) is 3.50. The van der Waals surface area contributed by atoms with Crippen molar-refractivity contribution in [3.05, 3.63) is 52.8 Å². The summed E-state index contributed by atoms with van der Waals surface area (Å²) in [5.74, 6) is -0.548. The molecule has 0 spiro atoms. The molecular weight excluding hydrogens is 281 g/mol. The molecule has 112 valence electrons. The second-order valence-corrected chi connectivity index (χ2v) is 4.84. The van der Waals surface area contributed by atoms with Crippen LogP contribution < -0.4 is 5.32 Å². The Bertz CT molecular complexity index is 687. The van der Waals surface area contributed by atoms with E-state index in [2.05, 4.69) is 5.32 Å². The molecule has 0 aliphatic heterocycles. The molecule has 6 heteroatoms. The average Bonchev–Trinajstić information content (AvgIpc) is 2.66. The Morgan fingerprint density at radius 2 is 1.81 bits per heavy atom. The number of para-hydroxylation sites is 1. The van der Waals surface area contributed by atoms with Crippen LogP contribution in [0.5, 0.6) is 0 Å². The molecule has 0 saturated carbocycles. The topological polar surface area (TPSA) is 34.0 Å². The van der Waals surface area contributed by atoms with Gasteiger partial charge in [-0.2, -0.15) is 13.2 Å². The monoisotopic (exact) mass is 296 g/mol. The van der Waals surface area contributed by atoms with Crippen molar-refractivity contribution in [1.29, 1.82) is 0 Å². The number of hydrogen-bond donors (Lipinski definition) is 1. The van der Waals surface area contributed by atoms with Gasteiger partial charge in [0.1, 0.15) is 0 Å². The lowest BCUT2D eigenvalue weighted by Gasteiger charge is -2.13. The predicted octanol–water partition coefficient (Wildman–Crippen LogP) is 3.91. The van der Waals surface area contributed by atoms with E-state index < -0.39 is 17.6 Å². The van der Waals surface area contributed by atoms with Crippen molar-refractivity contribution in [2.24, 2.45) is 7.05 Å². The molecule has 1 N–H and O–H groups in total. The summed E-state index contributed by atoms with van der Waals surface area (Å²) < 4.78 is 40.5. The van der Waals surface area contributed by atoms with E-state index in [0.717, 1.165) is 11.8 Å². The second-order valence-electron chi connectivity index (χ2n) is 4.84. The van der Waals surface area contributed by atoms with Gasteiger partial charge in [-0.25, -0.2) is 0 Å². The Morgan fingerprint density at radius 3 is 2.33 bits per heavy atom. The molecule has 2 aromatic rings. The fraction of sp³-hybridized carbons (Fsp3) is 0.267. The maximum Gasteiger partial charge on any atom is 0.418 e. The Labute approximate surface area is 120 Å². The summed E-state index contributed by atoms with van der Waals surface area (Å²) in [6, 6.07) is 6.58. The average molecular weight is 296 g/mol. The predicted molar refractivity (Wildman–Crippen MR) is 74.3 cm³/mol. The quantitative estimate of drug-likeness (QED) is 0.895. The van der Waals surface area contributed by atoms with Crippen LogP contribution in [-0.2, 0) is 13.2 Å². The number of carbonyl (C=O) groups is 1. The van der Waals surface area contributed by atoms with Crippen LogP contribution in [0.15, 0.2) is 30.3 Å². The summed E-state index contributed by atoms with van der Waals surface area (Å²) in [6.07, 6.45) is -4.51. The highest BCUT2D eigenvalue weighted by Crippen LogP contribution is 2.34. The van der Waals surface area contributed by atoms with Crippen LogP contribution in [0, 0.1) is 13.8 Å². The van der Waals surface area contributed by atoms with Crippen LogP contribution in [0.1, 0.15) is 27.3 Å². The molecule has 0 radical (unpaired) electrons. The molecule has 0 atom stereocenters. The lowest BCUT2D eigenvalue weighted by Crippen LogP contribution is -2.17. The lowest BCUT2D eigenvalue weighted by molar-refractivity contribution is -0.136. The molecule has 0 bridgehead atoms. The number of benzene rings is 1. The van der Waals surface area contributed by atoms with E-state index in [1.54, 1.807) is 20.0 Å². The van der Waals surface area contributed by atoms with Gasteiger partial charge in [-0.05, 0) is 32.0 Å². The number of amides is 1. The molecule has 0 aliphatic rings. The number of carbonyl (C=O) groups excluding carboxylic acids is 1. The first-order valence-electron chi connectivity index (χ1n) is 6.32. The summed E-state index contributed by atoms with van der Waals surface area (Å²) in [7, 11) is 1.80. The molecular formula is C15H15F3N2O. The number of aromatic nitrogens is 1. The molecule has 3 nitrogen and oxygen atoms in total. The molecule has 1 amide bonds. The third-order valence-electron chi connectivity index (χ3n) is 3.50. The van der Waals surface area contributed by atoms with Gasteiger partial charge in [-0.15, -0.1) is 0 Å². The number of anilines is 1. The zero-order valence-electron chi connectivity index (χ0n) is 11.9. The second kappa shape index (κ2) is 5.27. The van der Waals surface area contributed by atoms with Crippen molar-refractivity contribution in [3.8, 4) is 0 Å². The Morgan fingerprint density at radius 1 is 1.19 bits per heavy atom. The molecule has 21 heavy (non-hydrogen) atoms. The molecule has 0 saturated heterocycles. The highest BCUT2D eigenvalue weighted by Gasteiger charge is 2.33. The number of alkyl halides is 3. The standard InChI is InChI=1S/C15H15F3N2O/c1-9-8-11(10(2)20(9)3)14(21)19-13-7-5-4-6-12(13)15(16,17)18/h4-8H,1-3H3,(H,19,21). The van der Waals surface area contributed by atoms with E-state index in [-0.39, 0.29) is 5.69 Å². The van der Waals surface area contributed by atoms with Gasteiger partial charge in [0.25, 0.3) is 5.91 Å². The third kappa shape index (κ3) is 2.94. The summed E-state index contributed by atoms with van der Waals surface area (Å²) in [5.41, 5.74) is 0.836. The summed E-state index contributed by atoms with van der Waals surface area (Å²) >= 11 is 0. The maximum absolute atomic E-state index is 12.9. The first-order valence-corrected chi connectivity index (χ1v) is 6.32. The minimum atomic E-state index is -4.51. The van der Waals surface area contributed by atoms with E-state index in [1.165, 1.54) is 18.2 Å². The van der Waals surface area contributed by atoms with E-state index in [9.17, 15) is 18.0 Å². The number of nitrogens with zero attached hydrogens (tertiary/aromatic N) is 1. The molecule has 2 rings (SSSR count). The minimum Gasteiger partial charge on any atom is -0.351 e. The fourth-order valence-corrected chi connectivity index (χ4v) is 2.11. The van der Waals surface area contributed by atoms with Crippen LogP contribution in [0.2, 0.25) is 0 Å². The van der Waals surface area contributed by atoms with Crippen molar-refractivity contribution in [1.82, 2.24) is 4.57 Å². The number of hydrogen-bond acceptors (Lipinski definition) is 1.